The molecule has 2 aliphatic rings. The summed E-state index contributed by atoms with van der Waals surface area (Å²) in [6, 6.07) is 0. The van der Waals surface area contributed by atoms with Gasteiger partial charge in [-0.1, -0.05) is 0 Å². The second-order valence-electron chi connectivity index (χ2n) is 7.31. The number of methoxy groups -OCH3 is 1. The van der Waals surface area contributed by atoms with Gasteiger partial charge in [0.15, 0.2) is 0 Å². The number of piperidine rings is 1. The number of rotatable bonds is 8. The minimum absolute atomic E-state index is 0.153. The topological polar surface area (TPSA) is 44.8 Å². The summed E-state index contributed by atoms with van der Waals surface area (Å²) in [6.07, 6.45) is 6.17. The molecule has 1 aliphatic heterocycles. The third-order valence-corrected chi connectivity index (χ3v) is 5.34. The van der Waals surface area contributed by atoms with Crippen LogP contribution < -0.4 is 5.32 Å². The minimum Gasteiger partial charge on any atom is -0.378 e. The fourth-order valence-corrected chi connectivity index (χ4v) is 3.39. The van der Waals surface area contributed by atoms with Crippen molar-refractivity contribution in [1.29, 1.82) is 0 Å². The number of nitrogens with one attached hydrogen (secondary N) is 1. The zero-order valence-corrected chi connectivity index (χ0v) is 14.6. The minimum atomic E-state index is -0.153. The van der Waals surface area contributed by atoms with E-state index in [0.29, 0.717) is 12.3 Å². The largest absolute Gasteiger partial charge is 0.378 e. The molecule has 1 heterocycles. The van der Waals surface area contributed by atoms with Crippen LogP contribution in [-0.2, 0) is 9.53 Å². The molecule has 1 amide bonds. The van der Waals surface area contributed by atoms with Crippen molar-refractivity contribution in [2.24, 2.45) is 5.92 Å². The maximum Gasteiger partial charge on any atom is 0.222 e. The number of nitrogens with zero attached hydrogens (tertiary/aromatic N) is 2. The fraction of sp³-hybridized carbons (Fsp3) is 0.941. The number of likely N-dealkylation sites (tertiary alicyclic amines) is 1. The third-order valence-electron chi connectivity index (χ3n) is 5.34. The number of hydrogen-bond donors (Lipinski definition) is 1. The summed E-state index contributed by atoms with van der Waals surface area (Å²) in [4.78, 5) is 16.9. The van der Waals surface area contributed by atoms with Gasteiger partial charge in [-0.3, -0.25) is 4.79 Å². The van der Waals surface area contributed by atoms with Gasteiger partial charge in [0.05, 0.1) is 12.0 Å². The van der Waals surface area contributed by atoms with E-state index in [0.717, 1.165) is 45.6 Å². The Morgan fingerprint density at radius 1 is 1.32 bits per heavy atom. The standard InChI is InChI=1S/C17H33N3O2/c1-19(2)11-12-20-9-5-15(6-10-20)14-18-16(21)13-17(22-3)7-4-8-17/h15H,4-14H2,1-3H3,(H,18,21). The van der Waals surface area contributed by atoms with Crippen molar-refractivity contribution in [3.05, 3.63) is 0 Å². The van der Waals surface area contributed by atoms with Gasteiger partial charge < -0.3 is 19.9 Å². The van der Waals surface area contributed by atoms with Gasteiger partial charge >= 0.3 is 0 Å². The Morgan fingerprint density at radius 2 is 2.00 bits per heavy atom. The van der Waals surface area contributed by atoms with Crippen LogP contribution in [0, 0.1) is 5.92 Å². The molecule has 0 aromatic carbocycles. The lowest BCUT2D eigenvalue weighted by Crippen LogP contribution is -2.45. The molecular weight excluding hydrogens is 278 g/mol. The zero-order chi connectivity index (χ0) is 16.0. The molecule has 5 nitrogen and oxygen atoms in total. The average molecular weight is 311 g/mol. The molecule has 1 saturated carbocycles. The van der Waals surface area contributed by atoms with E-state index in [-0.39, 0.29) is 11.5 Å². The molecule has 5 heteroatoms. The molecule has 22 heavy (non-hydrogen) atoms. The summed E-state index contributed by atoms with van der Waals surface area (Å²) in [6.45, 7) is 5.44. The smallest absolute Gasteiger partial charge is 0.222 e. The highest BCUT2D eigenvalue weighted by molar-refractivity contribution is 5.77. The molecular formula is C17H33N3O2. The van der Waals surface area contributed by atoms with Crippen molar-refractivity contribution >= 4 is 5.91 Å². The van der Waals surface area contributed by atoms with Crippen LogP contribution in [-0.4, -0.2) is 75.2 Å². The van der Waals surface area contributed by atoms with E-state index in [1.165, 1.54) is 19.3 Å². The van der Waals surface area contributed by atoms with Gasteiger partial charge in [0.25, 0.3) is 0 Å². The summed E-state index contributed by atoms with van der Waals surface area (Å²) in [5.74, 6) is 0.802. The van der Waals surface area contributed by atoms with Gasteiger partial charge in [0.2, 0.25) is 5.91 Å². The highest BCUT2D eigenvalue weighted by atomic mass is 16.5. The van der Waals surface area contributed by atoms with Crippen LogP contribution in [0.2, 0.25) is 0 Å². The molecule has 0 radical (unpaired) electrons. The van der Waals surface area contributed by atoms with Crippen molar-refractivity contribution in [2.75, 3.05) is 53.9 Å². The second kappa shape index (κ2) is 8.27. The Kier molecular flexibility index (Phi) is 6.66. The van der Waals surface area contributed by atoms with Crippen molar-refractivity contribution in [2.45, 2.75) is 44.1 Å². The van der Waals surface area contributed by atoms with Crippen molar-refractivity contribution in [1.82, 2.24) is 15.1 Å². The molecule has 2 rings (SSSR count). The Labute approximate surface area is 135 Å². The molecule has 0 spiro atoms. The van der Waals surface area contributed by atoms with Gasteiger partial charge in [0.1, 0.15) is 0 Å². The predicted octanol–water partition coefficient (Wildman–Crippen LogP) is 1.34. The van der Waals surface area contributed by atoms with Crippen LogP contribution >= 0.6 is 0 Å². The van der Waals surface area contributed by atoms with E-state index in [4.69, 9.17) is 4.74 Å². The number of ether oxygens (including phenoxy) is 1. The van der Waals surface area contributed by atoms with Crippen LogP contribution in [0.25, 0.3) is 0 Å². The molecule has 2 fully saturated rings. The van der Waals surface area contributed by atoms with E-state index in [9.17, 15) is 4.79 Å². The van der Waals surface area contributed by atoms with Crippen LogP contribution in [0.5, 0.6) is 0 Å². The first-order chi connectivity index (χ1) is 10.5. The van der Waals surface area contributed by atoms with Crippen molar-refractivity contribution < 1.29 is 9.53 Å². The maximum absolute atomic E-state index is 12.1. The molecule has 0 bridgehead atoms. The average Bonchev–Trinajstić information content (AvgIpc) is 2.48. The van der Waals surface area contributed by atoms with Gasteiger partial charge in [-0.2, -0.15) is 0 Å². The first-order valence-electron chi connectivity index (χ1n) is 8.72. The summed E-state index contributed by atoms with van der Waals surface area (Å²) < 4.78 is 5.53. The van der Waals surface area contributed by atoms with Gasteiger partial charge in [0, 0.05) is 26.7 Å². The quantitative estimate of drug-likeness (QED) is 0.735. The number of likely N-dealkylation sites (N-methyl/N-ethyl adjacent to an activating group) is 1. The summed E-state index contributed by atoms with van der Waals surface area (Å²) in [7, 11) is 5.98. The lowest BCUT2D eigenvalue weighted by atomic mass is 9.77. The number of carbonyl (C=O) groups excluding carboxylic acids is 1. The molecule has 128 valence electrons. The predicted molar refractivity (Wildman–Crippen MR) is 88.9 cm³/mol. The summed E-state index contributed by atoms with van der Waals surface area (Å²) in [5.41, 5.74) is -0.153. The van der Waals surface area contributed by atoms with E-state index >= 15 is 0 Å². The van der Waals surface area contributed by atoms with E-state index in [2.05, 4.69) is 29.2 Å². The molecule has 1 saturated heterocycles. The molecule has 0 aromatic heterocycles. The van der Waals surface area contributed by atoms with Gasteiger partial charge in [-0.25, -0.2) is 0 Å². The first kappa shape index (κ1) is 17.7. The van der Waals surface area contributed by atoms with Gasteiger partial charge in [-0.05, 0) is 65.2 Å². The molecule has 0 atom stereocenters. The molecule has 1 N–H and O–H groups in total. The van der Waals surface area contributed by atoms with Gasteiger partial charge in [-0.15, -0.1) is 0 Å². The van der Waals surface area contributed by atoms with Crippen molar-refractivity contribution in [3.63, 3.8) is 0 Å². The van der Waals surface area contributed by atoms with Crippen molar-refractivity contribution in [3.8, 4) is 0 Å². The van der Waals surface area contributed by atoms with E-state index in [1.807, 2.05) is 0 Å². The Morgan fingerprint density at radius 3 is 2.50 bits per heavy atom. The van der Waals surface area contributed by atoms with Crippen LogP contribution in [0.4, 0.5) is 0 Å². The van der Waals surface area contributed by atoms with E-state index < -0.39 is 0 Å². The summed E-state index contributed by atoms with van der Waals surface area (Å²) in [5, 5.41) is 3.13. The Hall–Kier alpha value is -0.650. The zero-order valence-electron chi connectivity index (χ0n) is 14.6. The molecule has 0 unspecified atom stereocenters. The first-order valence-corrected chi connectivity index (χ1v) is 8.72. The Balaban J connectivity index is 1.59. The van der Waals surface area contributed by atoms with E-state index in [1.54, 1.807) is 7.11 Å². The fourth-order valence-electron chi connectivity index (χ4n) is 3.39. The lowest BCUT2D eigenvalue weighted by Gasteiger charge is -2.40. The normalized spacial score (nSPS) is 22.5. The maximum atomic E-state index is 12.1. The highest BCUT2D eigenvalue weighted by Gasteiger charge is 2.39. The van der Waals surface area contributed by atoms with Crippen LogP contribution in [0.3, 0.4) is 0 Å². The number of hydrogen-bond acceptors (Lipinski definition) is 4. The second-order valence-corrected chi connectivity index (χ2v) is 7.31. The van der Waals surface area contributed by atoms with Crippen LogP contribution in [0.15, 0.2) is 0 Å². The van der Waals surface area contributed by atoms with Crippen LogP contribution in [0.1, 0.15) is 38.5 Å². The molecule has 0 aromatic rings. The summed E-state index contributed by atoms with van der Waals surface area (Å²) >= 11 is 0. The number of amides is 1. The highest BCUT2D eigenvalue weighted by Crippen LogP contribution is 2.37. The number of carbonyl (C=O) groups is 1. The molecule has 1 aliphatic carbocycles. The third kappa shape index (κ3) is 5.21. The lowest BCUT2D eigenvalue weighted by molar-refractivity contribution is -0.134. The monoisotopic (exact) mass is 311 g/mol. The Bertz CT molecular complexity index is 342. The SMILES string of the molecule is COC1(CC(=O)NCC2CCN(CCN(C)C)CC2)CCC1.